The Morgan fingerprint density at radius 1 is 1.31 bits per heavy atom. The van der Waals surface area contributed by atoms with Gasteiger partial charge < -0.3 is 10.4 Å². The van der Waals surface area contributed by atoms with Crippen LogP contribution in [0.15, 0.2) is 0 Å². The zero-order valence-electron chi connectivity index (χ0n) is 10.6. The minimum Gasteiger partial charge on any atom is -0.389 e. The van der Waals surface area contributed by atoms with Gasteiger partial charge in [0, 0.05) is 13.1 Å². The van der Waals surface area contributed by atoms with E-state index < -0.39 is 15.6 Å². The van der Waals surface area contributed by atoms with Gasteiger partial charge in [0.25, 0.3) is 0 Å². The van der Waals surface area contributed by atoms with Crippen LogP contribution >= 0.6 is 0 Å². The Labute approximate surface area is 98.7 Å². The number of nitrogens with one attached hydrogen (secondary N) is 2. The number of rotatable bonds is 8. The molecule has 0 spiro atoms. The fourth-order valence-electron chi connectivity index (χ4n) is 1.02. The third-order valence-electron chi connectivity index (χ3n) is 2.62. The summed E-state index contributed by atoms with van der Waals surface area (Å²) in [6, 6.07) is 0. The van der Waals surface area contributed by atoms with E-state index in [1.54, 1.807) is 6.92 Å². The van der Waals surface area contributed by atoms with Crippen molar-refractivity contribution in [2.75, 3.05) is 25.9 Å². The summed E-state index contributed by atoms with van der Waals surface area (Å²) >= 11 is 0. The van der Waals surface area contributed by atoms with Gasteiger partial charge in [0.2, 0.25) is 10.0 Å². The molecule has 0 radical (unpaired) electrons. The Morgan fingerprint density at radius 3 is 2.31 bits per heavy atom. The molecule has 3 N–H and O–H groups in total. The molecular formula is C10H24N2O3S. The molecule has 16 heavy (non-hydrogen) atoms. The van der Waals surface area contributed by atoms with E-state index in [9.17, 15) is 13.5 Å². The lowest BCUT2D eigenvalue weighted by Crippen LogP contribution is -2.42. The van der Waals surface area contributed by atoms with Crippen molar-refractivity contribution < 1.29 is 13.5 Å². The Kier molecular flexibility index (Phi) is 6.47. The van der Waals surface area contributed by atoms with Crippen LogP contribution in [0, 0.1) is 5.92 Å². The van der Waals surface area contributed by atoms with Gasteiger partial charge in [-0.1, -0.05) is 13.8 Å². The second kappa shape index (κ2) is 6.54. The molecule has 0 aromatic heterocycles. The number of hydrogen-bond acceptors (Lipinski definition) is 4. The molecular weight excluding hydrogens is 228 g/mol. The van der Waals surface area contributed by atoms with Gasteiger partial charge in [0.1, 0.15) is 0 Å². The van der Waals surface area contributed by atoms with Gasteiger partial charge in [-0.15, -0.1) is 0 Å². The van der Waals surface area contributed by atoms with Crippen LogP contribution in [-0.4, -0.2) is 45.0 Å². The van der Waals surface area contributed by atoms with Gasteiger partial charge in [0.05, 0.1) is 11.9 Å². The Bertz CT molecular complexity index is 286. The van der Waals surface area contributed by atoms with Gasteiger partial charge in [0.15, 0.2) is 0 Å². The SMILES string of the molecule is CC(C)C(C)(O)CNCCCNS(C)(=O)=O. The summed E-state index contributed by atoms with van der Waals surface area (Å²) in [5.74, 6) is 0.189. The monoisotopic (exact) mass is 252 g/mol. The second-order valence-corrected chi connectivity index (χ2v) is 6.54. The van der Waals surface area contributed by atoms with E-state index in [1.165, 1.54) is 0 Å². The molecule has 0 rings (SSSR count). The van der Waals surface area contributed by atoms with Gasteiger partial charge in [-0.05, 0) is 25.8 Å². The fraction of sp³-hybridized carbons (Fsp3) is 1.00. The normalized spacial score (nSPS) is 16.4. The molecule has 0 aromatic rings. The van der Waals surface area contributed by atoms with E-state index in [2.05, 4.69) is 10.0 Å². The van der Waals surface area contributed by atoms with E-state index in [0.29, 0.717) is 26.1 Å². The predicted octanol–water partition coefficient (Wildman–Crippen LogP) is -0.0777. The van der Waals surface area contributed by atoms with Gasteiger partial charge >= 0.3 is 0 Å². The van der Waals surface area contributed by atoms with Crippen LogP contribution in [0.5, 0.6) is 0 Å². The standard InChI is InChI=1S/C10H24N2O3S/c1-9(2)10(3,13)8-11-6-5-7-12-16(4,14)15/h9,11-13H,5-8H2,1-4H3. The first-order valence-corrected chi connectivity index (χ1v) is 7.42. The molecule has 0 bridgehead atoms. The maximum Gasteiger partial charge on any atom is 0.208 e. The van der Waals surface area contributed by atoms with E-state index in [4.69, 9.17) is 0 Å². The van der Waals surface area contributed by atoms with E-state index in [1.807, 2.05) is 13.8 Å². The quantitative estimate of drug-likeness (QED) is 0.528. The molecule has 5 nitrogen and oxygen atoms in total. The van der Waals surface area contributed by atoms with Crippen LogP contribution in [-0.2, 0) is 10.0 Å². The molecule has 0 saturated heterocycles. The number of aliphatic hydroxyl groups is 1. The predicted molar refractivity (Wildman–Crippen MR) is 65.8 cm³/mol. The van der Waals surface area contributed by atoms with E-state index in [0.717, 1.165) is 6.26 Å². The summed E-state index contributed by atoms with van der Waals surface area (Å²) in [5, 5.41) is 13.0. The highest BCUT2D eigenvalue weighted by molar-refractivity contribution is 7.88. The first-order valence-electron chi connectivity index (χ1n) is 5.53. The maximum atomic E-state index is 10.7. The number of hydrogen-bond donors (Lipinski definition) is 3. The average Bonchev–Trinajstić information content (AvgIpc) is 2.09. The molecule has 98 valence electrons. The highest BCUT2D eigenvalue weighted by atomic mass is 32.2. The Hall–Kier alpha value is -0.170. The molecule has 6 heteroatoms. The summed E-state index contributed by atoms with van der Waals surface area (Å²) in [5.41, 5.74) is -0.718. The van der Waals surface area contributed by atoms with E-state index in [-0.39, 0.29) is 5.92 Å². The van der Waals surface area contributed by atoms with Crippen molar-refractivity contribution in [1.29, 1.82) is 0 Å². The van der Waals surface area contributed by atoms with Crippen LogP contribution in [0.1, 0.15) is 27.2 Å². The first kappa shape index (κ1) is 15.8. The largest absolute Gasteiger partial charge is 0.389 e. The van der Waals surface area contributed by atoms with E-state index >= 15 is 0 Å². The second-order valence-electron chi connectivity index (χ2n) is 4.71. The average molecular weight is 252 g/mol. The molecule has 1 unspecified atom stereocenters. The summed E-state index contributed by atoms with van der Waals surface area (Å²) in [6.07, 6.45) is 1.85. The van der Waals surface area contributed by atoms with Gasteiger partial charge in [-0.25, -0.2) is 13.1 Å². The lowest BCUT2D eigenvalue weighted by Gasteiger charge is -2.27. The van der Waals surface area contributed by atoms with Crippen molar-refractivity contribution in [3.8, 4) is 0 Å². The van der Waals surface area contributed by atoms with Crippen LogP contribution in [0.3, 0.4) is 0 Å². The summed E-state index contributed by atoms with van der Waals surface area (Å²) in [6.45, 7) is 7.35. The van der Waals surface area contributed by atoms with Crippen LogP contribution in [0.4, 0.5) is 0 Å². The van der Waals surface area contributed by atoms with Crippen LogP contribution < -0.4 is 10.0 Å². The molecule has 0 aliphatic heterocycles. The van der Waals surface area contributed by atoms with Crippen molar-refractivity contribution in [1.82, 2.24) is 10.0 Å². The lowest BCUT2D eigenvalue weighted by atomic mass is 9.92. The first-order chi connectivity index (χ1) is 7.15. The molecule has 0 fully saturated rings. The molecule has 0 amide bonds. The zero-order chi connectivity index (χ0) is 12.8. The van der Waals surface area contributed by atoms with Crippen LogP contribution in [0.2, 0.25) is 0 Å². The van der Waals surface area contributed by atoms with Gasteiger partial charge in [-0.3, -0.25) is 0 Å². The van der Waals surface area contributed by atoms with Crippen molar-refractivity contribution in [3.05, 3.63) is 0 Å². The van der Waals surface area contributed by atoms with Crippen molar-refractivity contribution in [2.45, 2.75) is 32.8 Å². The van der Waals surface area contributed by atoms with Crippen molar-refractivity contribution >= 4 is 10.0 Å². The molecule has 0 saturated carbocycles. The topological polar surface area (TPSA) is 78.4 Å². The summed E-state index contributed by atoms with van der Waals surface area (Å²) < 4.78 is 23.9. The third kappa shape index (κ3) is 8.04. The summed E-state index contributed by atoms with van der Waals surface area (Å²) in [4.78, 5) is 0. The Morgan fingerprint density at radius 2 is 1.88 bits per heavy atom. The molecule has 1 atom stereocenters. The lowest BCUT2D eigenvalue weighted by molar-refractivity contribution is 0.0144. The maximum absolute atomic E-state index is 10.7. The number of sulfonamides is 1. The molecule has 0 aliphatic carbocycles. The molecule has 0 aliphatic rings. The highest BCUT2D eigenvalue weighted by Crippen LogP contribution is 2.14. The van der Waals surface area contributed by atoms with Gasteiger partial charge in [-0.2, -0.15) is 0 Å². The minimum atomic E-state index is -3.08. The zero-order valence-corrected chi connectivity index (χ0v) is 11.4. The third-order valence-corrected chi connectivity index (χ3v) is 3.35. The Balaban J connectivity index is 3.55. The molecule has 0 aromatic carbocycles. The highest BCUT2D eigenvalue weighted by Gasteiger charge is 2.23. The molecule has 0 heterocycles. The van der Waals surface area contributed by atoms with Crippen molar-refractivity contribution in [2.24, 2.45) is 5.92 Å². The van der Waals surface area contributed by atoms with Crippen molar-refractivity contribution in [3.63, 3.8) is 0 Å². The smallest absolute Gasteiger partial charge is 0.208 e. The minimum absolute atomic E-state index is 0.189. The summed E-state index contributed by atoms with van der Waals surface area (Å²) in [7, 11) is -3.08. The van der Waals surface area contributed by atoms with Crippen LogP contribution in [0.25, 0.3) is 0 Å². The fourth-order valence-corrected chi connectivity index (χ4v) is 1.53.